The Labute approximate surface area is 89.5 Å². The lowest BCUT2D eigenvalue weighted by Gasteiger charge is -2.42. The van der Waals surface area contributed by atoms with Crippen molar-refractivity contribution in [3.05, 3.63) is 11.1 Å². The van der Waals surface area contributed by atoms with Crippen LogP contribution in [0.1, 0.15) is 46.0 Å². The molecule has 3 heteroatoms. The minimum atomic E-state index is -0.863. The first kappa shape index (κ1) is 10.4. The summed E-state index contributed by atoms with van der Waals surface area (Å²) in [5.41, 5.74) is 1.46. The second kappa shape index (κ2) is 3.47. The van der Waals surface area contributed by atoms with Crippen molar-refractivity contribution in [2.75, 3.05) is 0 Å². The molecule has 1 spiro atoms. The van der Waals surface area contributed by atoms with Gasteiger partial charge in [-0.05, 0) is 37.7 Å². The highest BCUT2D eigenvalue weighted by atomic mass is 16.6. The number of carbonyl (C=O) groups is 2. The van der Waals surface area contributed by atoms with Gasteiger partial charge in [0.05, 0.1) is 0 Å². The highest BCUT2D eigenvalue weighted by Crippen LogP contribution is 2.49. The monoisotopic (exact) mass is 208 g/mol. The molecule has 0 atom stereocenters. The molecule has 1 saturated heterocycles. The van der Waals surface area contributed by atoms with E-state index in [4.69, 9.17) is 0 Å². The van der Waals surface area contributed by atoms with E-state index in [1.54, 1.807) is 0 Å². The fourth-order valence-electron chi connectivity index (χ4n) is 2.86. The van der Waals surface area contributed by atoms with E-state index in [1.807, 2.05) is 6.92 Å². The maximum absolute atomic E-state index is 11.6. The average molecular weight is 208 g/mol. The molecular weight excluding hydrogens is 192 g/mol. The van der Waals surface area contributed by atoms with Crippen molar-refractivity contribution >= 4 is 11.9 Å². The Morgan fingerprint density at radius 3 is 2.33 bits per heavy atom. The Balaban J connectivity index is 2.48. The summed E-state index contributed by atoms with van der Waals surface area (Å²) in [7, 11) is 0. The SMILES string of the molecule is CCC1=C(CC)C2(CCC1)C(=O)OC2=O. The molecule has 0 unspecified atom stereocenters. The Bertz CT molecular complexity index is 338. The normalized spacial score (nSPS) is 24.1. The Kier molecular flexibility index (Phi) is 2.41. The summed E-state index contributed by atoms with van der Waals surface area (Å²) in [5.74, 6) is -0.648. The van der Waals surface area contributed by atoms with Gasteiger partial charge in [0, 0.05) is 0 Å². The topological polar surface area (TPSA) is 43.4 Å². The predicted molar refractivity (Wildman–Crippen MR) is 55.0 cm³/mol. The molecule has 0 aromatic carbocycles. The smallest absolute Gasteiger partial charge is 0.335 e. The van der Waals surface area contributed by atoms with E-state index < -0.39 is 5.41 Å². The van der Waals surface area contributed by atoms with E-state index in [0.29, 0.717) is 6.42 Å². The number of ether oxygens (including phenoxy) is 1. The number of carbonyl (C=O) groups excluding carboxylic acids is 2. The quantitative estimate of drug-likeness (QED) is 0.397. The summed E-state index contributed by atoms with van der Waals surface area (Å²) in [4.78, 5) is 23.1. The van der Waals surface area contributed by atoms with Gasteiger partial charge in [0.2, 0.25) is 0 Å². The van der Waals surface area contributed by atoms with Gasteiger partial charge in [-0.2, -0.15) is 0 Å². The maximum Gasteiger partial charge on any atom is 0.335 e. The van der Waals surface area contributed by atoms with Gasteiger partial charge in [-0.1, -0.05) is 19.4 Å². The predicted octanol–water partition coefficient (Wildman–Crippen LogP) is 2.36. The van der Waals surface area contributed by atoms with Crippen LogP contribution < -0.4 is 0 Å². The van der Waals surface area contributed by atoms with Crippen molar-refractivity contribution in [1.82, 2.24) is 0 Å². The molecule has 1 aliphatic carbocycles. The van der Waals surface area contributed by atoms with Crippen LogP contribution in [0.3, 0.4) is 0 Å². The molecule has 0 saturated carbocycles. The maximum atomic E-state index is 11.6. The van der Waals surface area contributed by atoms with Gasteiger partial charge < -0.3 is 4.74 Å². The van der Waals surface area contributed by atoms with Crippen LogP contribution in [0.5, 0.6) is 0 Å². The molecule has 0 amide bonds. The lowest BCUT2D eigenvalue weighted by molar-refractivity contribution is -0.194. The van der Waals surface area contributed by atoms with Gasteiger partial charge in [-0.25, -0.2) is 9.59 Å². The number of esters is 2. The van der Waals surface area contributed by atoms with E-state index in [2.05, 4.69) is 11.7 Å². The van der Waals surface area contributed by atoms with Crippen molar-refractivity contribution in [2.45, 2.75) is 46.0 Å². The first-order valence-corrected chi connectivity index (χ1v) is 5.64. The third kappa shape index (κ3) is 1.18. The third-order valence-electron chi connectivity index (χ3n) is 3.63. The highest BCUT2D eigenvalue weighted by Gasteiger charge is 2.61. The molecule has 0 radical (unpaired) electrons. The minimum Gasteiger partial charge on any atom is -0.391 e. The summed E-state index contributed by atoms with van der Waals surface area (Å²) >= 11 is 0. The van der Waals surface area contributed by atoms with Gasteiger partial charge >= 0.3 is 11.9 Å². The standard InChI is InChI=1S/C12H16O3/c1-3-8-6-5-7-12(9(8)4-2)10(13)15-11(12)14/h3-7H2,1-2H3. The molecule has 0 N–H and O–H groups in total. The Morgan fingerprint density at radius 1 is 1.20 bits per heavy atom. The molecule has 2 rings (SSSR count). The first-order chi connectivity index (χ1) is 7.16. The summed E-state index contributed by atoms with van der Waals surface area (Å²) in [6, 6.07) is 0. The second-order valence-electron chi connectivity index (χ2n) is 4.23. The molecule has 0 aromatic heterocycles. The molecule has 1 fully saturated rings. The molecule has 0 bridgehead atoms. The summed E-state index contributed by atoms with van der Waals surface area (Å²) in [5, 5.41) is 0. The van der Waals surface area contributed by atoms with E-state index in [-0.39, 0.29) is 11.9 Å². The molecule has 82 valence electrons. The number of cyclic esters (lactones) is 2. The van der Waals surface area contributed by atoms with E-state index in [0.717, 1.165) is 31.3 Å². The van der Waals surface area contributed by atoms with Crippen LogP contribution in [0, 0.1) is 5.41 Å². The van der Waals surface area contributed by atoms with Gasteiger partial charge in [0.15, 0.2) is 5.41 Å². The van der Waals surface area contributed by atoms with Crippen LogP contribution in [0.25, 0.3) is 0 Å². The van der Waals surface area contributed by atoms with E-state index in [9.17, 15) is 9.59 Å². The molecule has 1 aliphatic heterocycles. The number of hydrogen-bond donors (Lipinski definition) is 0. The van der Waals surface area contributed by atoms with Gasteiger partial charge in [-0.3, -0.25) is 0 Å². The third-order valence-corrected chi connectivity index (χ3v) is 3.63. The molecular formula is C12H16O3. The number of hydrogen-bond acceptors (Lipinski definition) is 3. The van der Waals surface area contributed by atoms with Crippen LogP contribution in [0.2, 0.25) is 0 Å². The van der Waals surface area contributed by atoms with Gasteiger partial charge in [0.1, 0.15) is 0 Å². The zero-order valence-electron chi connectivity index (χ0n) is 9.26. The molecule has 0 aromatic rings. The molecule has 3 nitrogen and oxygen atoms in total. The minimum absolute atomic E-state index is 0.324. The summed E-state index contributed by atoms with van der Waals surface area (Å²) in [6.45, 7) is 4.09. The van der Waals surface area contributed by atoms with Crippen molar-refractivity contribution in [2.24, 2.45) is 5.41 Å². The van der Waals surface area contributed by atoms with Crippen LogP contribution in [0.15, 0.2) is 11.1 Å². The second-order valence-corrected chi connectivity index (χ2v) is 4.23. The van der Waals surface area contributed by atoms with Gasteiger partial charge in [0.25, 0.3) is 0 Å². The molecule has 2 aliphatic rings. The van der Waals surface area contributed by atoms with Crippen molar-refractivity contribution < 1.29 is 14.3 Å². The van der Waals surface area contributed by atoms with Crippen LogP contribution in [-0.2, 0) is 14.3 Å². The lowest BCUT2D eigenvalue weighted by atomic mass is 9.66. The van der Waals surface area contributed by atoms with Crippen molar-refractivity contribution in [3.63, 3.8) is 0 Å². The fourth-order valence-corrected chi connectivity index (χ4v) is 2.86. The van der Waals surface area contributed by atoms with Gasteiger partial charge in [-0.15, -0.1) is 0 Å². The van der Waals surface area contributed by atoms with Crippen molar-refractivity contribution in [1.29, 1.82) is 0 Å². The fraction of sp³-hybridized carbons (Fsp3) is 0.667. The van der Waals surface area contributed by atoms with Crippen LogP contribution in [-0.4, -0.2) is 11.9 Å². The zero-order valence-corrected chi connectivity index (χ0v) is 9.26. The van der Waals surface area contributed by atoms with Crippen LogP contribution >= 0.6 is 0 Å². The number of allylic oxidation sites excluding steroid dienone is 1. The van der Waals surface area contributed by atoms with Crippen LogP contribution in [0.4, 0.5) is 0 Å². The lowest BCUT2D eigenvalue weighted by Crippen LogP contribution is -2.55. The van der Waals surface area contributed by atoms with E-state index >= 15 is 0 Å². The molecule has 1 heterocycles. The Morgan fingerprint density at radius 2 is 1.87 bits per heavy atom. The molecule has 15 heavy (non-hydrogen) atoms. The first-order valence-electron chi connectivity index (χ1n) is 5.64. The average Bonchev–Trinajstić information content (AvgIpc) is 2.28. The highest BCUT2D eigenvalue weighted by molar-refractivity contribution is 6.16. The zero-order chi connectivity index (χ0) is 11.1. The summed E-state index contributed by atoms with van der Waals surface area (Å²) < 4.78 is 4.55. The van der Waals surface area contributed by atoms with E-state index in [1.165, 1.54) is 5.57 Å². The number of rotatable bonds is 2. The Hall–Kier alpha value is -1.12. The summed E-state index contributed by atoms with van der Waals surface area (Å²) in [6.07, 6.45) is 4.32. The van der Waals surface area contributed by atoms with Crippen molar-refractivity contribution in [3.8, 4) is 0 Å². The largest absolute Gasteiger partial charge is 0.391 e.